The first-order valence-electron chi connectivity index (χ1n) is 10.6. The minimum Gasteiger partial charge on any atom is -0.356 e. The lowest BCUT2D eigenvalue weighted by Gasteiger charge is -2.16. The van der Waals surface area contributed by atoms with E-state index in [1.54, 1.807) is 13.8 Å². The van der Waals surface area contributed by atoms with Gasteiger partial charge in [-0.3, -0.25) is 18.8 Å². The van der Waals surface area contributed by atoms with Crippen LogP contribution in [0.3, 0.4) is 0 Å². The zero-order valence-electron chi connectivity index (χ0n) is 18.6. The summed E-state index contributed by atoms with van der Waals surface area (Å²) >= 11 is 0. The van der Waals surface area contributed by atoms with E-state index in [9.17, 15) is 14.3 Å². The Hall–Kier alpha value is -2.57. The summed E-state index contributed by atoms with van der Waals surface area (Å²) in [4.78, 5) is 26.9. The fourth-order valence-electron chi connectivity index (χ4n) is 3.52. The van der Waals surface area contributed by atoms with Gasteiger partial charge in [-0.1, -0.05) is 48.5 Å². The molecule has 2 N–H and O–H groups in total. The van der Waals surface area contributed by atoms with Gasteiger partial charge in [0.1, 0.15) is 0 Å². The molecule has 7 nitrogen and oxygen atoms in total. The van der Waals surface area contributed by atoms with Gasteiger partial charge in [0.05, 0.1) is 24.6 Å². The number of aromatic nitrogens is 1. The number of para-hydroxylation sites is 1. The van der Waals surface area contributed by atoms with Crippen molar-refractivity contribution in [1.82, 2.24) is 10.3 Å². The van der Waals surface area contributed by atoms with Gasteiger partial charge in [-0.2, -0.15) is 0 Å². The highest BCUT2D eigenvalue weighted by Gasteiger charge is 2.22. The Morgan fingerprint density at radius 2 is 1.81 bits per heavy atom. The molecule has 1 aromatic heterocycles. The molecule has 1 amide bonds. The molecule has 1 atom stereocenters. The van der Waals surface area contributed by atoms with Gasteiger partial charge < -0.3 is 10.2 Å². The predicted octanol–water partition coefficient (Wildman–Crippen LogP) is 4.80. The van der Waals surface area contributed by atoms with Gasteiger partial charge in [0, 0.05) is 17.6 Å². The number of hydrogen-bond donors (Lipinski definition) is 2. The van der Waals surface area contributed by atoms with Crippen molar-refractivity contribution in [3.63, 3.8) is 0 Å². The summed E-state index contributed by atoms with van der Waals surface area (Å²) in [6.07, 6.45) is 0.158. The number of hydrogen-bond acceptors (Lipinski definition) is 5. The highest BCUT2D eigenvalue weighted by Crippen LogP contribution is 2.44. The summed E-state index contributed by atoms with van der Waals surface area (Å²) in [5, 5.41) is 3.86. The van der Waals surface area contributed by atoms with E-state index in [1.807, 2.05) is 61.5 Å². The van der Waals surface area contributed by atoms with Crippen LogP contribution in [-0.4, -0.2) is 35.0 Å². The number of pyridine rings is 1. The van der Waals surface area contributed by atoms with E-state index in [0.717, 1.165) is 33.3 Å². The maximum atomic E-state index is 12.7. The number of nitrogens with one attached hydrogen (secondary N) is 1. The molecule has 0 bridgehead atoms. The highest BCUT2D eigenvalue weighted by atomic mass is 31.2. The number of nitrogens with zero attached hydrogens (tertiary/aromatic N) is 1. The molecule has 170 valence electrons. The Bertz CT molecular complexity index is 1120. The van der Waals surface area contributed by atoms with Gasteiger partial charge in [0.2, 0.25) is 5.91 Å². The third kappa shape index (κ3) is 6.47. The minimum atomic E-state index is -4.06. The van der Waals surface area contributed by atoms with Crippen LogP contribution in [0.4, 0.5) is 0 Å². The fourth-order valence-corrected chi connectivity index (χ4v) is 4.48. The van der Waals surface area contributed by atoms with Crippen LogP contribution in [0.25, 0.3) is 22.0 Å². The molecule has 8 heteroatoms. The number of amides is 1. The molecule has 0 fully saturated rings. The number of aryl methyl sites for hydroxylation is 1. The van der Waals surface area contributed by atoms with Crippen LogP contribution in [0, 0.1) is 6.92 Å². The molecule has 0 aliphatic heterocycles. The van der Waals surface area contributed by atoms with Crippen molar-refractivity contribution in [1.29, 1.82) is 0 Å². The van der Waals surface area contributed by atoms with Crippen LogP contribution in [0.1, 0.15) is 31.5 Å². The first kappa shape index (κ1) is 24.1. The van der Waals surface area contributed by atoms with Crippen molar-refractivity contribution in [2.75, 3.05) is 13.2 Å². The molecule has 0 saturated carbocycles. The number of benzene rings is 2. The van der Waals surface area contributed by atoms with Crippen molar-refractivity contribution in [2.24, 2.45) is 0 Å². The summed E-state index contributed by atoms with van der Waals surface area (Å²) in [6, 6.07) is 17.9. The van der Waals surface area contributed by atoms with Crippen LogP contribution in [0.5, 0.6) is 0 Å². The second kappa shape index (κ2) is 10.8. The molecule has 32 heavy (non-hydrogen) atoms. The SMILES string of the molecule is Cc1nc2ccccc2c(-c2ccccc2)c1CC(=O)NCCCOP(=O)(O)OC(C)C. The maximum Gasteiger partial charge on any atom is 0.472 e. The normalized spacial score (nSPS) is 13.3. The molecular weight excluding hydrogens is 427 g/mol. The highest BCUT2D eigenvalue weighted by molar-refractivity contribution is 7.47. The molecule has 3 rings (SSSR count). The number of carbonyl (C=O) groups excluding carboxylic acids is 1. The van der Waals surface area contributed by atoms with E-state index < -0.39 is 13.9 Å². The van der Waals surface area contributed by atoms with E-state index in [-0.39, 0.29) is 18.9 Å². The molecule has 0 spiro atoms. The lowest BCUT2D eigenvalue weighted by molar-refractivity contribution is -0.120. The van der Waals surface area contributed by atoms with E-state index >= 15 is 0 Å². The van der Waals surface area contributed by atoms with Gasteiger partial charge in [-0.05, 0) is 49.9 Å². The minimum absolute atomic E-state index is 0.00655. The number of rotatable bonds is 10. The summed E-state index contributed by atoms with van der Waals surface area (Å²) in [6.45, 7) is 5.55. The van der Waals surface area contributed by atoms with Crippen molar-refractivity contribution < 1.29 is 23.3 Å². The number of fused-ring (bicyclic) bond motifs is 1. The van der Waals surface area contributed by atoms with Crippen LogP contribution in [0.15, 0.2) is 54.6 Å². The standard InChI is InChI=1S/C24H29N2O5P/c1-17(2)31-32(28,29)30-15-9-14-25-23(27)16-21-18(3)26-22-13-8-7-12-20(22)24(21)19-10-5-4-6-11-19/h4-8,10-13,17H,9,14-16H2,1-3H3,(H,25,27)(H,28,29). The second-order valence-corrected chi connectivity index (χ2v) is 9.18. The summed E-state index contributed by atoms with van der Waals surface area (Å²) in [5.74, 6) is -0.145. The monoisotopic (exact) mass is 456 g/mol. The lowest BCUT2D eigenvalue weighted by atomic mass is 9.92. The van der Waals surface area contributed by atoms with Gasteiger partial charge in [-0.15, -0.1) is 0 Å². The molecule has 1 unspecified atom stereocenters. The Morgan fingerprint density at radius 3 is 2.53 bits per heavy atom. The van der Waals surface area contributed by atoms with E-state index in [0.29, 0.717) is 13.0 Å². The van der Waals surface area contributed by atoms with Crippen molar-refractivity contribution in [3.8, 4) is 11.1 Å². The number of carbonyl (C=O) groups is 1. The van der Waals surface area contributed by atoms with Crippen LogP contribution in [0.2, 0.25) is 0 Å². The van der Waals surface area contributed by atoms with Crippen LogP contribution < -0.4 is 5.32 Å². The number of phosphoric ester groups is 1. The number of phosphoric acid groups is 1. The molecule has 0 radical (unpaired) electrons. The molecule has 0 saturated heterocycles. The Balaban J connectivity index is 1.69. The fraction of sp³-hybridized carbons (Fsp3) is 0.333. The maximum absolute atomic E-state index is 12.7. The van der Waals surface area contributed by atoms with Crippen LogP contribution >= 0.6 is 7.82 Å². The molecule has 3 aromatic rings. The van der Waals surface area contributed by atoms with Gasteiger partial charge in [-0.25, -0.2) is 4.57 Å². The summed E-state index contributed by atoms with van der Waals surface area (Å²) in [7, 11) is -4.06. The van der Waals surface area contributed by atoms with E-state index in [2.05, 4.69) is 5.32 Å². The second-order valence-electron chi connectivity index (χ2n) is 7.77. The third-order valence-corrected chi connectivity index (χ3v) is 6.04. The average molecular weight is 456 g/mol. The third-order valence-electron chi connectivity index (χ3n) is 4.84. The first-order chi connectivity index (χ1) is 15.3. The van der Waals surface area contributed by atoms with Crippen LogP contribution in [-0.2, 0) is 24.8 Å². The Morgan fingerprint density at radius 1 is 1.12 bits per heavy atom. The van der Waals surface area contributed by atoms with E-state index in [1.165, 1.54) is 0 Å². The Labute approximate surface area is 188 Å². The molecule has 0 aliphatic rings. The lowest BCUT2D eigenvalue weighted by Crippen LogP contribution is -2.27. The molecule has 2 aromatic carbocycles. The van der Waals surface area contributed by atoms with Crippen molar-refractivity contribution in [2.45, 2.75) is 39.7 Å². The van der Waals surface area contributed by atoms with Crippen molar-refractivity contribution in [3.05, 3.63) is 65.9 Å². The molecule has 1 heterocycles. The zero-order chi connectivity index (χ0) is 23.1. The first-order valence-corrected chi connectivity index (χ1v) is 12.1. The summed E-state index contributed by atoms with van der Waals surface area (Å²) < 4.78 is 21.5. The van der Waals surface area contributed by atoms with Gasteiger partial charge in [0.15, 0.2) is 0 Å². The average Bonchev–Trinajstić information content (AvgIpc) is 2.73. The Kier molecular flexibility index (Phi) is 8.15. The van der Waals surface area contributed by atoms with E-state index in [4.69, 9.17) is 14.0 Å². The topological polar surface area (TPSA) is 97.8 Å². The van der Waals surface area contributed by atoms with Gasteiger partial charge in [0.25, 0.3) is 0 Å². The molecular formula is C24H29N2O5P. The zero-order valence-corrected chi connectivity index (χ0v) is 19.5. The summed E-state index contributed by atoms with van der Waals surface area (Å²) in [5.41, 5.74) is 4.64. The predicted molar refractivity (Wildman–Crippen MR) is 125 cm³/mol. The van der Waals surface area contributed by atoms with Crippen molar-refractivity contribution >= 4 is 24.6 Å². The largest absolute Gasteiger partial charge is 0.472 e. The van der Waals surface area contributed by atoms with Gasteiger partial charge >= 0.3 is 7.82 Å². The quantitative estimate of drug-likeness (QED) is 0.336. The smallest absolute Gasteiger partial charge is 0.356 e. The molecule has 0 aliphatic carbocycles.